The van der Waals surface area contributed by atoms with Crippen LogP contribution >= 0.6 is 11.8 Å². The van der Waals surface area contributed by atoms with E-state index in [9.17, 15) is 4.79 Å². The van der Waals surface area contributed by atoms with E-state index in [2.05, 4.69) is 0 Å². The number of hydrogen-bond acceptors (Lipinski definition) is 4. The Balaban J connectivity index is 1.92. The Kier molecular flexibility index (Phi) is 4.53. The molecule has 0 spiro atoms. The number of benzene rings is 1. The molecule has 3 nitrogen and oxygen atoms in total. The maximum Gasteiger partial charge on any atom is 0.309 e. The fraction of sp³-hybridized carbons (Fsp3) is 0.500. The van der Waals surface area contributed by atoms with E-state index in [1.807, 2.05) is 30.5 Å². The first-order valence-corrected chi connectivity index (χ1v) is 7.45. The third kappa shape index (κ3) is 2.99. The lowest BCUT2D eigenvalue weighted by atomic mass is 10.1. The van der Waals surface area contributed by atoms with Gasteiger partial charge >= 0.3 is 5.97 Å². The van der Waals surface area contributed by atoms with Crippen LogP contribution in [0.4, 0.5) is 0 Å². The lowest BCUT2D eigenvalue weighted by Gasteiger charge is -2.07. The van der Waals surface area contributed by atoms with Crippen LogP contribution < -0.4 is 4.74 Å². The van der Waals surface area contributed by atoms with Gasteiger partial charge in [-0.05, 0) is 24.3 Å². The van der Waals surface area contributed by atoms with Gasteiger partial charge in [0.25, 0.3) is 0 Å². The summed E-state index contributed by atoms with van der Waals surface area (Å²) in [6, 6.07) is 7.88. The topological polar surface area (TPSA) is 35.5 Å². The molecule has 1 aromatic rings. The van der Waals surface area contributed by atoms with Crippen molar-refractivity contribution in [2.75, 3.05) is 25.7 Å². The quantitative estimate of drug-likeness (QED) is 0.586. The largest absolute Gasteiger partial charge is 0.496 e. The van der Waals surface area contributed by atoms with E-state index < -0.39 is 0 Å². The Bertz CT molecular complexity index is 419. The van der Waals surface area contributed by atoms with Crippen molar-refractivity contribution >= 4 is 17.7 Å². The van der Waals surface area contributed by atoms with Gasteiger partial charge in [-0.1, -0.05) is 18.2 Å². The highest BCUT2D eigenvalue weighted by atomic mass is 32.2. The van der Waals surface area contributed by atoms with Gasteiger partial charge < -0.3 is 9.47 Å². The van der Waals surface area contributed by atoms with Crippen LogP contribution in [-0.4, -0.2) is 31.7 Å². The molecule has 0 unspecified atom stereocenters. The normalized spacial score (nSPS) is 21.4. The maximum absolute atomic E-state index is 11.8. The molecule has 1 aromatic carbocycles. The zero-order chi connectivity index (χ0) is 13.0. The second-order valence-corrected chi connectivity index (χ2v) is 5.34. The Labute approximate surface area is 112 Å². The molecule has 0 radical (unpaired) electrons. The first-order chi connectivity index (χ1) is 8.77. The molecule has 2 atom stereocenters. The smallest absolute Gasteiger partial charge is 0.309 e. The van der Waals surface area contributed by atoms with E-state index in [-0.39, 0.29) is 17.8 Å². The highest BCUT2D eigenvalue weighted by molar-refractivity contribution is 7.98. The van der Waals surface area contributed by atoms with E-state index in [0.29, 0.717) is 6.61 Å². The van der Waals surface area contributed by atoms with Crippen molar-refractivity contribution < 1.29 is 14.3 Å². The number of ether oxygens (including phenoxy) is 2. The zero-order valence-corrected chi connectivity index (χ0v) is 11.5. The first kappa shape index (κ1) is 13.3. The third-order valence-electron chi connectivity index (χ3n) is 3.16. The minimum absolute atomic E-state index is 0.0168. The number of esters is 1. The highest BCUT2D eigenvalue weighted by Crippen LogP contribution is 2.50. The number of methoxy groups -OCH3 is 1. The fourth-order valence-electron chi connectivity index (χ4n) is 2.10. The second-order valence-electron chi connectivity index (χ2n) is 4.35. The molecule has 0 amide bonds. The van der Waals surface area contributed by atoms with Crippen LogP contribution in [0.2, 0.25) is 0 Å². The molecule has 1 aliphatic carbocycles. The van der Waals surface area contributed by atoms with Crippen LogP contribution in [0.1, 0.15) is 17.9 Å². The monoisotopic (exact) mass is 266 g/mol. The lowest BCUT2D eigenvalue weighted by Crippen LogP contribution is -2.10. The molecule has 1 saturated carbocycles. The summed E-state index contributed by atoms with van der Waals surface area (Å²) >= 11 is 1.68. The molecule has 1 fully saturated rings. The van der Waals surface area contributed by atoms with Crippen molar-refractivity contribution in [1.82, 2.24) is 0 Å². The van der Waals surface area contributed by atoms with Gasteiger partial charge in [0.05, 0.1) is 13.0 Å². The van der Waals surface area contributed by atoms with Crippen LogP contribution in [0.25, 0.3) is 0 Å². The Morgan fingerprint density at radius 3 is 2.94 bits per heavy atom. The summed E-state index contributed by atoms with van der Waals surface area (Å²) in [7, 11) is 1.66. The Hall–Kier alpha value is -1.16. The minimum atomic E-state index is -0.0695. The third-order valence-corrected chi connectivity index (χ3v) is 3.74. The Morgan fingerprint density at radius 1 is 1.44 bits per heavy atom. The van der Waals surface area contributed by atoms with Crippen LogP contribution in [0.15, 0.2) is 24.3 Å². The minimum Gasteiger partial charge on any atom is -0.496 e. The molecular formula is C14H18O3S. The molecule has 0 aliphatic heterocycles. The van der Waals surface area contributed by atoms with Crippen LogP contribution in [-0.2, 0) is 9.53 Å². The van der Waals surface area contributed by atoms with Crippen LogP contribution in [0.5, 0.6) is 5.75 Å². The number of carbonyl (C=O) groups excluding carboxylic acids is 1. The molecule has 0 heterocycles. The summed E-state index contributed by atoms with van der Waals surface area (Å²) in [5, 5.41) is 0. The van der Waals surface area contributed by atoms with Crippen molar-refractivity contribution in [2.45, 2.75) is 12.3 Å². The average molecular weight is 266 g/mol. The van der Waals surface area contributed by atoms with E-state index in [0.717, 1.165) is 23.5 Å². The summed E-state index contributed by atoms with van der Waals surface area (Å²) in [5.74, 6) is 1.94. The van der Waals surface area contributed by atoms with Gasteiger partial charge in [-0.25, -0.2) is 0 Å². The molecule has 4 heteroatoms. The van der Waals surface area contributed by atoms with Gasteiger partial charge in [0.15, 0.2) is 0 Å². The summed E-state index contributed by atoms with van der Waals surface area (Å²) in [6.45, 7) is 0.509. The average Bonchev–Trinajstić information content (AvgIpc) is 3.19. The number of carbonyl (C=O) groups is 1. The summed E-state index contributed by atoms with van der Waals surface area (Å²) in [6.07, 6.45) is 2.88. The molecule has 0 saturated heterocycles. The standard InChI is InChI=1S/C14H18O3S/c1-16-13-6-4-3-5-10(13)11-9-12(11)14(15)17-7-8-18-2/h3-6,11-12H,7-9H2,1-2H3/t11-,12+/m1/s1. The van der Waals surface area contributed by atoms with Gasteiger partial charge in [-0.15, -0.1) is 0 Å². The second kappa shape index (κ2) is 6.14. The number of rotatable bonds is 6. The van der Waals surface area contributed by atoms with Crippen molar-refractivity contribution in [3.63, 3.8) is 0 Å². The number of hydrogen-bond donors (Lipinski definition) is 0. The summed E-state index contributed by atoms with van der Waals surface area (Å²) < 4.78 is 10.5. The van der Waals surface area contributed by atoms with E-state index in [1.54, 1.807) is 18.9 Å². The molecule has 2 rings (SSSR count). The lowest BCUT2D eigenvalue weighted by molar-refractivity contribution is -0.144. The molecule has 0 N–H and O–H groups in total. The van der Waals surface area contributed by atoms with Crippen molar-refractivity contribution in [1.29, 1.82) is 0 Å². The van der Waals surface area contributed by atoms with Gasteiger partial charge in [-0.3, -0.25) is 4.79 Å². The van der Waals surface area contributed by atoms with Crippen molar-refractivity contribution in [3.05, 3.63) is 29.8 Å². The molecule has 1 aliphatic rings. The van der Waals surface area contributed by atoms with Crippen LogP contribution in [0, 0.1) is 5.92 Å². The van der Waals surface area contributed by atoms with E-state index >= 15 is 0 Å². The summed E-state index contributed by atoms with van der Waals surface area (Å²) in [5.41, 5.74) is 1.12. The number of thioether (sulfide) groups is 1. The SMILES string of the molecule is COc1ccccc1[C@H]1C[C@@H]1C(=O)OCCSC. The van der Waals surface area contributed by atoms with E-state index in [1.165, 1.54) is 0 Å². The zero-order valence-electron chi connectivity index (χ0n) is 10.7. The molecule has 98 valence electrons. The summed E-state index contributed by atoms with van der Waals surface area (Å²) in [4.78, 5) is 11.8. The Morgan fingerprint density at radius 2 is 2.22 bits per heavy atom. The van der Waals surface area contributed by atoms with E-state index in [4.69, 9.17) is 9.47 Å². The number of para-hydroxylation sites is 1. The van der Waals surface area contributed by atoms with Crippen LogP contribution in [0.3, 0.4) is 0 Å². The molecule has 18 heavy (non-hydrogen) atoms. The van der Waals surface area contributed by atoms with Crippen molar-refractivity contribution in [3.8, 4) is 5.75 Å². The molecule has 0 bridgehead atoms. The predicted octanol–water partition coefficient (Wildman–Crippen LogP) is 2.70. The predicted molar refractivity (Wildman–Crippen MR) is 73.2 cm³/mol. The molecule has 0 aromatic heterocycles. The van der Waals surface area contributed by atoms with Gasteiger partial charge in [0.2, 0.25) is 0 Å². The van der Waals surface area contributed by atoms with Gasteiger partial charge in [0, 0.05) is 11.7 Å². The van der Waals surface area contributed by atoms with Crippen molar-refractivity contribution in [2.24, 2.45) is 5.92 Å². The van der Waals surface area contributed by atoms with Gasteiger partial charge in [-0.2, -0.15) is 11.8 Å². The van der Waals surface area contributed by atoms with Gasteiger partial charge in [0.1, 0.15) is 12.4 Å². The molecular weight excluding hydrogens is 248 g/mol. The highest BCUT2D eigenvalue weighted by Gasteiger charge is 2.46. The first-order valence-electron chi connectivity index (χ1n) is 6.06. The maximum atomic E-state index is 11.8. The fourth-order valence-corrected chi connectivity index (χ4v) is 2.35.